The molecule has 1 aromatic carbocycles. The van der Waals surface area contributed by atoms with Crippen LogP contribution in [0.3, 0.4) is 0 Å². The third-order valence-electron chi connectivity index (χ3n) is 4.55. The zero-order chi connectivity index (χ0) is 19.3. The van der Waals surface area contributed by atoms with Crippen LogP contribution in [0.15, 0.2) is 45.7 Å². The van der Waals surface area contributed by atoms with E-state index in [9.17, 15) is 4.79 Å². The number of thiocarbonyl (C=S) groups is 1. The molecule has 4 rings (SSSR count). The maximum absolute atomic E-state index is 12.9. The highest BCUT2D eigenvalue weighted by molar-refractivity contribution is 8.25. The zero-order valence-electron chi connectivity index (χ0n) is 15.3. The van der Waals surface area contributed by atoms with Gasteiger partial charge in [-0.3, -0.25) is 9.63 Å². The molecule has 3 heterocycles. The summed E-state index contributed by atoms with van der Waals surface area (Å²) in [5.74, 6) is 1.51. The second-order valence-electron chi connectivity index (χ2n) is 6.57. The van der Waals surface area contributed by atoms with Gasteiger partial charge in [0.2, 0.25) is 0 Å². The molecule has 0 saturated carbocycles. The molecule has 8 heteroatoms. The van der Waals surface area contributed by atoms with Gasteiger partial charge in [0.1, 0.15) is 18.1 Å². The van der Waals surface area contributed by atoms with Crippen LogP contribution < -0.4 is 10.8 Å². The summed E-state index contributed by atoms with van der Waals surface area (Å²) in [7, 11) is 0. The minimum Gasteiger partial charge on any atom is -0.457 e. The largest absolute Gasteiger partial charge is 0.457 e. The summed E-state index contributed by atoms with van der Waals surface area (Å²) in [5.41, 5.74) is 4.23. The Morgan fingerprint density at radius 1 is 1.21 bits per heavy atom. The minimum absolute atomic E-state index is 0.0659. The van der Waals surface area contributed by atoms with Crippen LogP contribution in [0.2, 0.25) is 0 Å². The molecule has 2 aromatic rings. The van der Waals surface area contributed by atoms with Gasteiger partial charge in [0.15, 0.2) is 4.32 Å². The molecule has 2 N–H and O–H groups in total. The van der Waals surface area contributed by atoms with E-state index in [-0.39, 0.29) is 5.91 Å². The van der Waals surface area contributed by atoms with Gasteiger partial charge in [-0.05, 0) is 43.3 Å². The Morgan fingerprint density at radius 2 is 2.14 bits per heavy atom. The third kappa shape index (κ3) is 4.64. The molecule has 0 radical (unpaired) electrons. The predicted octanol–water partition coefficient (Wildman–Crippen LogP) is 3.28. The maximum Gasteiger partial charge on any atom is 0.253 e. The number of benzene rings is 1. The number of nitrogens with zero attached hydrogens (tertiary/aromatic N) is 1. The standard InChI is InChI=1S/C20H21N3O3S2/c24-19(23-9-2-7-21-8-10-23)15-4-1-3-14(11-15)18-6-5-16(26-18)12-17-13-25-22-20(27)28-17/h1,3-6,11-12,21H,2,7-10,13H2,(H,22,27)/b17-12-. The van der Waals surface area contributed by atoms with Gasteiger partial charge < -0.3 is 14.6 Å². The predicted molar refractivity (Wildman–Crippen MR) is 115 cm³/mol. The number of nitrogens with one attached hydrogen (secondary N) is 2. The van der Waals surface area contributed by atoms with Crippen molar-refractivity contribution < 1.29 is 14.0 Å². The van der Waals surface area contributed by atoms with Crippen molar-refractivity contribution in [3.63, 3.8) is 0 Å². The second kappa shape index (κ2) is 8.91. The zero-order valence-corrected chi connectivity index (χ0v) is 16.9. The fourth-order valence-electron chi connectivity index (χ4n) is 3.19. The topological polar surface area (TPSA) is 66.7 Å². The van der Waals surface area contributed by atoms with Crippen LogP contribution in [-0.2, 0) is 4.84 Å². The fourth-order valence-corrected chi connectivity index (χ4v) is 4.20. The van der Waals surface area contributed by atoms with Gasteiger partial charge in [-0.1, -0.05) is 36.1 Å². The highest BCUT2D eigenvalue weighted by atomic mass is 32.2. The van der Waals surface area contributed by atoms with Crippen molar-refractivity contribution >= 4 is 40.3 Å². The second-order valence-corrected chi connectivity index (χ2v) is 8.37. The number of carbonyl (C=O) groups excluding carboxylic acids is 1. The summed E-state index contributed by atoms with van der Waals surface area (Å²) in [5, 5.41) is 3.32. The number of hydrogen-bond donors (Lipinski definition) is 2. The van der Waals surface area contributed by atoms with Gasteiger partial charge in [0, 0.05) is 35.7 Å². The molecule has 2 saturated heterocycles. The van der Waals surface area contributed by atoms with Crippen LogP contribution in [0.25, 0.3) is 17.4 Å². The first-order chi connectivity index (χ1) is 13.7. The molecular formula is C20H21N3O3S2. The number of hydrogen-bond acceptors (Lipinski definition) is 6. The van der Waals surface area contributed by atoms with E-state index < -0.39 is 0 Å². The van der Waals surface area contributed by atoms with Crippen molar-refractivity contribution in [2.24, 2.45) is 0 Å². The van der Waals surface area contributed by atoms with Gasteiger partial charge in [0.25, 0.3) is 5.91 Å². The van der Waals surface area contributed by atoms with Crippen molar-refractivity contribution in [3.8, 4) is 11.3 Å². The van der Waals surface area contributed by atoms with E-state index >= 15 is 0 Å². The lowest BCUT2D eigenvalue weighted by molar-refractivity contribution is 0.0766. The van der Waals surface area contributed by atoms with Crippen LogP contribution >= 0.6 is 24.0 Å². The van der Waals surface area contributed by atoms with E-state index in [1.54, 1.807) is 0 Å². The number of rotatable bonds is 3. The highest BCUT2D eigenvalue weighted by Gasteiger charge is 2.18. The fraction of sp³-hybridized carbons (Fsp3) is 0.300. The Kier molecular flexibility index (Phi) is 6.11. The van der Waals surface area contributed by atoms with Crippen molar-refractivity contribution in [2.75, 3.05) is 32.8 Å². The lowest BCUT2D eigenvalue weighted by atomic mass is 10.1. The molecule has 6 nitrogen and oxygen atoms in total. The smallest absolute Gasteiger partial charge is 0.253 e. The molecular weight excluding hydrogens is 394 g/mol. The van der Waals surface area contributed by atoms with E-state index in [0.29, 0.717) is 16.5 Å². The van der Waals surface area contributed by atoms with E-state index in [4.69, 9.17) is 21.5 Å². The van der Waals surface area contributed by atoms with Crippen LogP contribution in [0, 0.1) is 0 Å². The molecule has 2 fully saturated rings. The Hall–Kier alpha value is -2.13. The molecule has 0 bridgehead atoms. The summed E-state index contributed by atoms with van der Waals surface area (Å²) < 4.78 is 6.55. The van der Waals surface area contributed by atoms with E-state index in [1.807, 2.05) is 47.4 Å². The van der Waals surface area contributed by atoms with Gasteiger partial charge in [-0.2, -0.15) is 0 Å². The summed E-state index contributed by atoms with van der Waals surface area (Å²) in [6.45, 7) is 3.75. The first-order valence-electron chi connectivity index (χ1n) is 9.19. The lowest BCUT2D eigenvalue weighted by Gasteiger charge is -2.20. The molecule has 2 aliphatic rings. The van der Waals surface area contributed by atoms with Crippen molar-refractivity contribution in [1.29, 1.82) is 0 Å². The Morgan fingerprint density at radius 3 is 3.04 bits per heavy atom. The SMILES string of the molecule is O=C(c1cccc(-c2ccc(/C=C3/CONC(=S)S3)o2)c1)N1CCCNCC1. The molecule has 0 atom stereocenters. The van der Waals surface area contributed by atoms with E-state index in [2.05, 4.69) is 10.8 Å². The lowest BCUT2D eigenvalue weighted by Crippen LogP contribution is -2.34. The van der Waals surface area contributed by atoms with Crippen LogP contribution in [0.4, 0.5) is 0 Å². The van der Waals surface area contributed by atoms with Gasteiger partial charge >= 0.3 is 0 Å². The average molecular weight is 416 g/mol. The Bertz CT molecular complexity index is 902. The monoisotopic (exact) mass is 415 g/mol. The van der Waals surface area contributed by atoms with Crippen molar-refractivity contribution in [3.05, 3.63) is 52.6 Å². The Balaban J connectivity index is 1.51. The molecule has 1 amide bonds. The van der Waals surface area contributed by atoms with Gasteiger partial charge in [-0.15, -0.1) is 0 Å². The van der Waals surface area contributed by atoms with Crippen LogP contribution in [-0.4, -0.2) is 47.9 Å². The summed E-state index contributed by atoms with van der Waals surface area (Å²) in [6, 6.07) is 11.4. The number of furan rings is 1. The van der Waals surface area contributed by atoms with Crippen molar-refractivity contribution in [1.82, 2.24) is 15.7 Å². The van der Waals surface area contributed by atoms with Gasteiger partial charge in [0.05, 0.1) is 0 Å². The molecule has 0 aliphatic carbocycles. The van der Waals surface area contributed by atoms with E-state index in [0.717, 1.165) is 54.6 Å². The van der Waals surface area contributed by atoms with Crippen LogP contribution in [0.1, 0.15) is 22.5 Å². The molecule has 0 unspecified atom stereocenters. The summed E-state index contributed by atoms with van der Waals surface area (Å²) in [4.78, 5) is 20.9. The summed E-state index contributed by atoms with van der Waals surface area (Å²) >= 11 is 6.55. The van der Waals surface area contributed by atoms with Crippen LogP contribution in [0.5, 0.6) is 0 Å². The van der Waals surface area contributed by atoms with Gasteiger partial charge in [-0.25, -0.2) is 5.48 Å². The molecule has 28 heavy (non-hydrogen) atoms. The molecule has 1 aromatic heterocycles. The quantitative estimate of drug-likeness (QED) is 0.746. The van der Waals surface area contributed by atoms with E-state index in [1.165, 1.54) is 11.8 Å². The first-order valence-corrected chi connectivity index (χ1v) is 10.4. The normalized spacial score (nSPS) is 19.4. The highest BCUT2D eigenvalue weighted by Crippen LogP contribution is 2.28. The number of thioether (sulfide) groups is 1. The summed E-state index contributed by atoms with van der Waals surface area (Å²) in [6.07, 6.45) is 2.89. The van der Waals surface area contributed by atoms with Crippen molar-refractivity contribution in [2.45, 2.75) is 6.42 Å². The first kappa shape index (κ1) is 19.2. The number of carbonyl (C=O) groups is 1. The molecule has 146 valence electrons. The number of amides is 1. The number of hydroxylamine groups is 1. The molecule has 2 aliphatic heterocycles. The maximum atomic E-state index is 12.9. The molecule has 0 spiro atoms. The minimum atomic E-state index is 0.0659. The average Bonchev–Trinajstić information content (AvgIpc) is 3.00. The third-order valence-corrected chi connectivity index (χ3v) is 5.65. The Labute approximate surface area is 173 Å².